The maximum absolute atomic E-state index is 12.2. The summed E-state index contributed by atoms with van der Waals surface area (Å²) in [6, 6.07) is 7.10. The summed E-state index contributed by atoms with van der Waals surface area (Å²) in [6.45, 7) is 5.39. The maximum atomic E-state index is 12.2. The van der Waals surface area contributed by atoms with Crippen molar-refractivity contribution in [2.45, 2.75) is 39.7 Å². The lowest BCUT2D eigenvalue weighted by Gasteiger charge is -2.16. The van der Waals surface area contributed by atoms with Crippen molar-refractivity contribution in [2.24, 2.45) is 11.8 Å². The summed E-state index contributed by atoms with van der Waals surface area (Å²) in [5.74, 6) is -1.32. The normalized spacial score (nSPS) is 15.5. The van der Waals surface area contributed by atoms with Crippen LogP contribution >= 0.6 is 0 Å². The first kappa shape index (κ1) is 19.0. The molecule has 6 nitrogen and oxygen atoms in total. The summed E-state index contributed by atoms with van der Waals surface area (Å²) in [6.07, 6.45) is 2.04. The Labute approximate surface area is 148 Å². The van der Waals surface area contributed by atoms with Crippen LogP contribution in [-0.2, 0) is 16.1 Å². The number of carboxylic acid groups (broad SMARTS) is 1. The second-order valence-electron chi connectivity index (χ2n) is 6.99. The first-order chi connectivity index (χ1) is 11.9. The minimum Gasteiger partial charge on any atom is -0.481 e. The molecule has 6 heteroatoms. The first-order valence-electron chi connectivity index (χ1n) is 8.74. The van der Waals surface area contributed by atoms with E-state index in [1.54, 1.807) is 12.1 Å². The van der Waals surface area contributed by atoms with Gasteiger partial charge in [0.05, 0.1) is 5.92 Å². The molecule has 0 bridgehead atoms. The predicted molar refractivity (Wildman–Crippen MR) is 94.0 cm³/mol. The van der Waals surface area contributed by atoms with Crippen molar-refractivity contribution < 1.29 is 19.5 Å². The van der Waals surface area contributed by atoms with Crippen LogP contribution in [0.25, 0.3) is 0 Å². The highest BCUT2D eigenvalue weighted by atomic mass is 16.4. The average molecular weight is 346 g/mol. The smallest absolute Gasteiger partial charge is 0.308 e. The fourth-order valence-corrected chi connectivity index (χ4v) is 3.01. The van der Waals surface area contributed by atoms with Gasteiger partial charge in [-0.25, -0.2) is 0 Å². The Morgan fingerprint density at radius 1 is 1.24 bits per heavy atom. The molecule has 0 saturated carbocycles. The predicted octanol–water partition coefficient (Wildman–Crippen LogP) is 2.29. The summed E-state index contributed by atoms with van der Waals surface area (Å²) < 4.78 is 0. The van der Waals surface area contributed by atoms with Crippen LogP contribution in [0.1, 0.15) is 49.0 Å². The number of rotatable bonds is 8. The number of amides is 2. The van der Waals surface area contributed by atoms with Crippen molar-refractivity contribution in [3.8, 4) is 0 Å². The van der Waals surface area contributed by atoms with Crippen LogP contribution < -0.4 is 5.32 Å². The van der Waals surface area contributed by atoms with Gasteiger partial charge in [0.1, 0.15) is 0 Å². The van der Waals surface area contributed by atoms with Gasteiger partial charge in [-0.15, -0.1) is 0 Å². The van der Waals surface area contributed by atoms with Gasteiger partial charge >= 0.3 is 5.97 Å². The molecule has 1 saturated heterocycles. The molecule has 1 aromatic rings. The van der Waals surface area contributed by atoms with Crippen LogP contribution in [-0.4, -0.2) is 40.9 Å². The van der Waals surface area contributed by atoms with Crippen LogP contribution in [0.5, 0.6) is 0 Å². The van der Waals surface area contributed by atoms with Crippen LogP contribution in [0.15, 0.2) is 24.3 Å². The molecule has 1 heterocycles. The van der Waals surface area contributed by atoms with E-state index in [9.17, 15) is 19.5 Å². The van der Waals surface area contributed by atoms with Gasteiger partial charge in [-0.2, -0.15) is 0 Å². The monoisotopic (exact) mass is 346 g/mol. The molecule has 2 amide bonds. The topological polar surface area (TPSA) is 86.7 Å². The molecule has 1 atom stereocenters. The zero-order valence-corrected chi connectivity index (χ0v) is 14.8. The number of carbonyl (C=O) groups excluding carboxylic acids is 2. The van der Waals surface area contributed by atoms with E-state index in [1.165, 1.54) is 0 Å². The number of aliphatic carboxylic acids is 1. The highest BCUT2D eigenvalue weighted by Gasteiger charge is 2.21. The molecule has 0 aliphatic carbocycles. The van der Waals surface area contributed by atoms with Gasteiger partial charge in [-0.1, -0.05) is 26.0 Å². The Balaban J connectivity index is 1.89. The van der Waals surface area contributed by atoms with Crippen molar-refractivity contribution in [1.29, 1.82) is 0 Å². The van der Waals surface area contributed by atoms with Gasteiger partial charge < -0.3 is 15.3 Å². The highest BCUT2D eigenvalue weighted by molar-refractivity contribution is 5.94. The number of carboxylic acids is 1. The SMILES string of the molecule is CC(C)CC(CNC(=O)c1ccc(CN2CCCC2=O)cc1)C(=O)O. The summed E-state index contributed by atoms with van der Waals surface area (Å²) >= 11 is 0. The molecule has 2 N–H and O–H groups in total. The molecule has 1 fully saturated rings. The van der Waals surface area contributed by atoms with Crippen LogP contribution in [0.4, 0.5) is 0 Å². The molecule has 25 heavy (non-hydrogen) atoms. The van der Waals surface area contributed by atoms with E-state index in [-0.39, 0.29) is 24.3 Å². The number of likely N-dealkylation sites (tertiary alicyclic amines) is 1. The molecule has 2 rings (SSSR count). The second kappa shape index (κ2) is 8.65. The second-order valence-corrected chi connectivity index (χ2v) is 6.99. The average Bonchev–Trinajstić information content (AvgIpc) is 2.96. The maximum Gasteiger partial charge on any atom is 0.308 e. The largest absolute Gasteiger partial charge is 0.481 e. The molecule has 1 unspecified atom stereocenters. The first-order valence-corrected chi connectivity index (χ1v) is 8.74. The third-order valence-electron chi connectivity index (χ3n) is 4.38. The van der Waals surface area contributed by atoms with Gasteiger partial charge in [-0.3, -0.25) is 14.4 Å². The number of hydrogen-bond donors (Lipinski definition) is 2. The summed E-state index contributed by atoms with van der Waals surface area (Å²) in [4.78, 5) is 36.9. The molecular weight excluding hydrogens is 320 g/mol. The Morgan fingerprint density at radius 2 is 1.92 bits per heavy atom. The van der Waals surface area contributed by atoms with E-state index in [0.29, 0.717) is 24.9 Å². The van der Waals surface area contributed by atoms with Crippen LogP contribution in [0.3, 0.4) is 0 Å². The molecule has 1 aliphatic rings. The number of nitrogens with one attached hydrogen (secondary N) is 1. The van der Waals surface area contributed by atoms with Gasteiger partial charge in [0.15, 0.2) is 0 Å². The van der Waals surface area contributed by atoms with Crippen molar-refractivity contribution >= 4 is 17.8 Å². The lowest BCUT2D eigenvalue weighted by atomic mass is 9.97. The molecule has 0 aromatic heterocycles. The zero-order chi connectivity index (χ0) is 18.4. The number of hydrogen-bond acceptors (Lipinski definition) is 3. The lowest BCUT2D eigenvalue weighted by Crippen LogP contribution is -2.33. The Kier molecular flexibility index (Phi) is 6.56. The van der Waals surface area contributed by atoms with Crippen molar-refractivity contribution in [1.82, 2.24) is 10.2 Å². The highest BCUT2D eigenvalue weighted by Crippen LogP contribution is 2.15. The third-order valence-corrected chi connectivity index (χ3v) is 4.38. The van der Waals surface area contributed by atoms with Gasteiger partial charge in [0.25, 0.3) is 5.91 Å². The quantitative estimate of drug-likeness (QED) is 0.756. The molecule has 1 aliphatic heterocycles. The van der Waals surface area contributed by atoms with Gasteiger partial charge in [-0.05, 0) is 36.5 Å². The Bertz CT molecular complexity index is 625. The minimum atomic E-state index is -0.889. The summed E-state index contributed by atoms with van der Waals surface area (Å²) in [7, 11) is 0. The van der Waals surface area contributed by atoms with Crippen molar-refractivity contribution in [2.75, 3.05) is 13.1 Å². The number of carbonyl (C=O) groups is 3. The third kappa shape index (κ3) is 5.59. The fourth-order valence-electron chi connectivity index (χ4n) is 3.01. The molecule has 136 valence electrons. The molecular formula is C19H26N2O4. The van der Waals surface area contributed by atoms with Crippen LogP contribution in [0.2, 0.25) is 0 Å². The van der Waals surface area contributed by atoms with Crippen molar-refractivity contribution in [3.63, 3.8) is 0 Å². The molecule has 0 spiro atoms. The number of benzene rings is 1. The van der Waals surface area contributed by atoms with E-state index in [2.05, 4.69) is 5.32 Å². The minimum absolute atomic E-state index is 0.121. The number of nitrogens with zero attached hydrogens (tertiary/aromatic N) is 1. The van der Waals surface area contributed by atoms with E-state index < -0.39 is 11.9 Å². The standard InChI is InChI=1S/C19H26N2O4/c1-13(2)10-16(19(24)25)11-20-18(23)15-7-5-14(6-8-15)12-21-9-3-4-17(21)22/h5-8,13,16H,3-4,9-12H2,1-2H3,(H,20,23)(H,24,25). The van der Waals surface area contributed by atoms with Gasteiger partial charge in [0.2, 0.25) is 5.91 Å². The van der Waals surface area contributed by atoms with Crippen LogP contribution in [0, 0.1) is 11.8 Å². The van der Waals surface area contributed by atoms with E-state index in [1.807, 2.05) is 30.9 Å². The fraction of sp³-hybridized carbons (Fsp3) is 0.526. The van der Waals surface area contributed by atoms with E-state index in [0.717, 1.165) is 18.5 Å². The van der Waals surface area contributed by atoms with Crippen molar-refractivity contribution in [3.05, 3.63) is 35.4 Å². The zero-order valence-electron chi connectivity index (χ0n) is 14.8. The molecule has 1 aromatic carbocycles. The Morgan fingerprint density at radius 3 is 2.44 bits per heavy atom. The summed E-state index contributed by atoms with van der Waals surface area (Å²) in [5.41, 5.74) is 1.47. The molecule has 0 radical (unpaired) electrons. The lowest BCUT2D eigenvalue weighted by molar-refractivity contribution is -0.142. The Hall–Kier alpha value is -2.37. The summed E-state index contributed by atoms with van der Waals surface area (Å²) in [5, 5.41) is 11.9. The van der Waals surface area contributed by atoms with E-state index >= 15 is 0 Å². The van der Waals surface area contributed by atoms with E-state index in [4.69, 9.17) is 0 Å². The van der Waals surface area contributed by atoms with Gasteiger partial charge in [0, 0.05) is 31.6 Å².